The summed E-state index contributed by atoms with van der Waals surface area (Å²) in [6.07, 6.45) is 2.31. The normalized spacial score (nSPS) is 25.4. The first-order valence-electron chi connectivity index (χ1n) is 7.87. The molecular weight excluding hydrogens is 260 g/mol. The highest BCUT2D eigenvalue weighted by atomic mass is 16.1. The van der Waals surface area contributed by atoms with Gasteiger partial charge in [-0.1, -0.05) is 13.8 Å². The number of hydrogen-bond acceptors (Lipinski definition) is 1. The number of nitrogens with one attached hydrogen (secondary N) is 2. The van der Waals surface area contributed by atoms with Crippen molar-refractivity contribution in [1.82, 2.24) is 10.3 Å². The van der Waals surface area contributed by atoms with Gasteiger partial charge in [0.2, 0.25) is 0 Å². The van der Waals surface area contributed by atoms with Crippen molar-refractivity contribution in [1.29, 1.82) is 0 Å². The average Bonchev–Trinajstić information content (AvgIpc) is 2.93. The smallest absolute Gasteiger partial charge is 0.251 e. The molecule has 3 rings (SSSR count). The van der Waals surface area contributed by atoms with E-state index in [1.807, 2.05) is 18.2 Å². The molecule has 112 valence electrons. The monoisotopic (exact) mass is 284 g/mol. The molecular formula is C18H24N2O. The predicted octanol–water partition coefficient (Wildman–Crippen LogP) is 3.95. The Morgan fingerprint density at radius 2 is 2.00 bits per heavy atom. The maximum Gasteiger partial charge on any atom is 0.251 e. The van der Waals surface area contributed by atoms with Crippen molar-refractivity contribution >= 4 is 16.8 Å². The van der Waals surface area contributed by atoms with E-state index in [4.69, 9.17) is 0 Å². The Balaban J connectivity index is 1.83. The van der Waals surface area contributed by atoms with Gasteiger partial charge in [-0.05, 0) is 62.3 Å². The minimum absolute atomic E-state index is 0.0566. The predicted molar refractivity (Wildman–Crippen MR) is 86.6 cm³/mol. The Bertz CT molecular complexity index is 686. The summed E-state index contributed by atoms with van der Waals surface area (Å²) in [5.74, 6) is 1.32. The van der Waals surface area contributed by atoms with Crippen LogP contribution in [0.1, 0.15) is 48.3 Å². The van der Waals surface area contributed by atoms with Crippen LogP contribution in [-0.4, -0.2) is 16.9 Å². The first-order chi connectivity index (χ1) is 9.97. The SMILES string of the molecule is Cc1[nH]c2ccc(C(=O)NC3CCC(C)C3C)cc2c1C. The fourth-order valence-electron chi connectivity index (χ4n) is 3.42. The largest absolute Gasteiger partial charge is 0.358 e. The van der Waals surface area contributed by atoms with Crippen LogP contribution in [-0.2, 0) is 0 Å². The molecule has 21 heavy (non-hydrogen) atoms. The second-order valence-corrected chi connectivity index (χ2v) is 6.63. The van der Waals surface area contributed by atoms with Gasteiger partial charge in [0.1, 0.15) is 0 Å². The third-order valence-electron chi connectivity index (χ3n) is 5.35. The molecule has 1 amide bonds. The number of rotatable bonds is 2. The lowest BCUT2D eigenvalue weighted by Gasteiger charge is -2.19. The molecule has 1 aromatic heterocycles. The van der Waals surface area contributed by atoms with Crippen molar-refractivity contribution in [2.24, 2.45) is 11.8 Å². The van der Waals surface area contributed by atoms with Crippen molar-refractivity contribution in [2.75, 3.05) is 0 Å². The molecule has 3 atom stereocenters. The number of aromatic amines is 1. The number of carbonyl (C=O) groups is 1. The minimum Gasteiger partial charge on any atom is -0.358 e. The van der Waals surface area contributed by atoms with Gasteiger partial charge in [-0.2, -0.15) is 0 Å². The molecule has 3 heteroatoms. The number of H-pyrrole nitrogens is 1. The van der Waals surface area contributed by atoms with E-state index in [-0.39, 0.29) is 5.91 Å². The van der Waals surface area contributed by atoms with Crippen LogP contribution in [0, 0.1) is 25.7 Å². The molecule has 0 aliphatic heterocycles. The van der Waals surface area contributed by atoms with Crippen molar-refractivity contribution in [3.05, 3.63) is 35.0 Å². The Kier molecular flexibility index (Phi) is 3.52. The molecule has 2 N–H and O–H groups in total. The second-order valence-electron chi connectivity index (χ2n) is 6.63. The lowest BCUT2D eigenvalue weighted by Crippen LogP contribution is -2.37. The quantitative estimate of drug-likeness (QED) is 0.861. The van der Waals surface area contributed by atoms with Gasteiger partial charge in [0.05, 0.1) is 0 Å². The topological polar surface area (TPSA) is 44.9 Å². The summed E-state index contributed by atoms with van der Waals surface area (Å²) in [7, 11) is 0. The number of carbonyl (C=O) groups excluding carboxylic acids is 1. The van der Waals surface area contributed by atoms with Gasteiger partial charge in [-0.15, -0.1) is 0 Å². The summed E-state index contributed by atoms with van der Waals surface area (Å²) in [5, 5.41) is 4.36. The van der Waals surface area contributed by atoms with Crippen LogP contribution in [0.3, 0.4) is 0 Å². The molecule has 0 saturated heterocycles. The lowest BCUT2D eigenvalue weighted by atomic mass is 9.97. The molecule has 1 aliphatic carbocycles. The van der Waals surface area contributed by atoms with E-state index in [2.05, 4.69) is 38.0 Å². The van der Waals surface area contributed by atoms with E-state index in [0.717, 1.165) is 22.9 Å². The number of fused-ring (bicyclic) bond motifs is 1. The molecule has 0 radical (unpaired) electrons. The molecule has 1 aliphatic rings. The van der Waals surface area contributed by atoms with Crippen LogP contribution in [0.25, 0.3) is 10.9 Å². The van der Waals surface area contributed by atoms with Gasteiger partial charge in [0.25, 0.3) is 5.91 Å². The van der Waals surface area contributed by atoms with Gasteiger partial charge >= 0.3 is 0 Å². The second kappa shape index (κ2) is 5.21. The standard InChI is InChI=1S/C18H24N2O/c1-10-5-7-16(11(10)2)20-18(21)14-6-8-17-15(9-14)12(3)13(4)19-17/h6,8-11,16,19H,5,7H2,1-4H3,(H,20,21). The summed E-state index contributed by atoms with van der Waals surface area (Å²) in [5.41, 5.74) is 4.25. The zero-order chi connectivity index (χ0) is 15.1. The Labute approximate surface area is 126 Å². The van der Waals surface area contributed by atoms with Crippen molar-refractivity contribution in [3.8, 4) is 0 Å². The van der Waals surface area contributed by atoms with Gasteiger partial charge in [-0.25, -0.2) is 0 Å². The first-order valence-corrected chi connectivity index (χ1v) is 7.87. The minimum atomic E-state index is 0.0566. The van der Waals surface area contributed by atoms with E-state index in [9.17, 15) is 4.79 Å². The van der Waals surface area contributed by atoms with Gasteiger partial charge < -0.3 is 10.3 Å². The van der Waals surface area contributed by atoms with Crippen molar-refractivity contribution < 1.29 is 4.79 Å². The molecule has 0 bridgehead atoms. The first kappa shape index (κ1) is 14.2. The maximum absolute atomic E-state index is 12.5. The fourth-order valence-corrected chi connectivity index (χ4v) is 3.42. The molecule has 3 nitrogen and oxygen atoms in total. The summed E-state index contributed by atoms with van der Waals surface area (Å²) >= 11 is 0. The fraction of sp³-hybridized carbons (Fsp3) is 0.500. The molecule has 0 spiro atoms. The highest BCUT2D eigenvalue weighted by Gasteiger charge is 2.30. The Morgan fingerprint density at radius 1 is 1.24 bits per heavy atom. The summed E-state index contributed by atoms with van der Waals surface area (Å²) in [6.45, 7) is 8.67. The Hall–Kier alpha value is -1.77. The third-order valence-corrected chi connectivity index (χ3v) is 5.35. The molecule has 1 fully saturated rings. The highest BCUT2D eigenvalue weighted by molar-refractivity contribution is 5.99. The van der Waals surface area contributed by atoms with E-state index in [1.54, 1.807) is 0 Å². The zero-order valence-corrected chi connectivity index (χ0v) is 13.3. The van der Waals surface area contributed by atoms with Gasteiger partial charge in [0.15, 0.2) is 0 Å². The molecule has 1 saturated carbocycles. The number of aryl methyl sites for hydroxylation is 2. The molecule has 1 heterocycles. The van der Waals surface area contributed by atoms with Crippen LogP contribution in [0.4, 0.5) is 0 Å². The maximum atomic E-state index is 12.5. The van der Waals surface area contributed by atoms with E-state index >= 15 is 0 Å². The van der Waals surface area contributed by atoms with Crippen LogP contribution >= 0.6 is 0 Å². The molecule has 2 aromatic rings. The van der Waals surface area contributed by atoms with Crippen LogP contribution < -0.4 is 5.32 Å². The van der Waals surface area contributed by atoms with Crippen LogP contribution in [0.5, 0.6) is 0 Å². The number of benzene rings is 1. The van der Waals surface area contributed by atoms with Gasteiger partial charge in [-0.3, -0.25) is 4.79 Å². The third kappa shape index (κ3) is 2.45. The molecule has 1 aromatic carbocycles. The van der Waals surface area contributed by atoms with Crippen LogP contribution in [0.2, 0.25) is 0 Å². The van der Waals surface area contributed by atoms with Crippen molar-refractivity contribution in [3.63, 3.8) is 0 Å². The zero-order valence-electron chi connectivity index (χ0n) is 13.3. The number of amides is 1. The average molecular weight is 284 g/mol. The lowest BCUT2D eigenvalue weighted by molar-refractivity contribution is 0.0927. The summed E-state index contributed by atoms with van der Waals surface area (Å²) < 4.78 is 0. The highest BCUT2D eigenvalue weighted by Crippen LogP contribution is 2.31. The van der Waals surface area contributed by atoms with Crippen LogP contribution in [0.15, 0.2) is 18.2 Å². The Morgan fingerprint density at radius 3 is 2.67 bits per heavy atom. The summed E-state index contributed by atoms with van der Waals surface area (Å²) in [4.78, 5) is 15.8. The number of hydrogen-bond donors (Lipinski definition) is 2. The van der Waals surface area contributed by atoms with Crippen molar-refractivity contribution in [2.45, 2.75) is 46.6 Å². The summed E-state index contributed by atoms with van der Waals surface area (Å²) in [6, 6.07) is 6.24. The van der Waals surface area contributed by atoms with E-state index in [0.29, 0.717) is 17.9 Å². The van der Waals surface area contributed by atoms with E-state index < -0.39 is 0 Å². The van der Waals surface area contributed by atoms with Gasteiger partial charge in [0, 0.05) is 28.2 Å². The molecule has 3 unspecified atom stereocenters. The number of aromatic nitrogens is 1. The van der Waals surface area contributed by atoms with E-state index in [1.165, 1.54) is 17.7 Å².